The predicted molar refractivity (Wildman–Crippen MR) is 110 cm³/mol. The largest absolute Gasteiger partial charge is 0.338 e. The Hall–Kier alpha value is -1.14. The SMILES string of the molecule is CN(C(=O)c1cc2sc3ccccc3c2s1)C1CC2CCC(C1)N2.Cl. The fourth-order valence-electron chi connectivity index (χ4n) is 4.29. The summed E-state index contributed by atoms with van der Waals surface area (Å²) in [6.07, 6.45) is 4.73. The first-order chi connectivity index (χ1) is 11.7. The molecule has 6 heteroatoms. The molecule has 0 spiro atoms. The first kappa shape index (κ1) is 17.3. The highest BCUT2D eigenvalue weighted by Gasteiger charge is 2.36. The van der Waals surface area contributed by atoms with E-state index < -0.39 is 0 Å². The lowest BCUT2D eigenvalue weighted by Crippen LogP contribution is -2.48. The lowest BCUT2D eigenvalue weighted by atomic mass is 9.98. The zero-order chi connectivity index (χ0) is 16.3. The van der Waals surface area contributed by atoms with E-state index in [1.165, 1.54) is 32.3 Å². The maximum Gasteiger partial charge on any atom is 0.263 e. The number of nitrogens with zero attached hydrogens (tertiary/aromatic N) is 1. The van der Waals surface area contributed by atoms with Crippen LogP contribution < -0.4 is 5.32 Å². The minimum atomic E-state index is 0. The Bertz CT molecular complexity index is 922. The summed E-state index contributed by atoms with van der Waals surface area (Å²) in [5.74, 6) is 0.193. The van der Waals surface area contributed by atoms with E-state index in [0.29, 0.717) is 18.1 Å². The molecule has 2 unspecified atom stereocenters. The molecule has 2 atom stereocenters. The zero-order valence-corrected chi connectivity index (χ0v) is 16.5. The standard InChI is InChI=1S/C19H20N2OS2.ClH/c1-21(13-8-11-6-7-12(9-13)20-11)19(22)17-10-16-18(24-17)14-4-2-3-5-15(14)23-16;/h2-5,10-13,20H,6-9H2,1H3;1H. The molecule has 2 aromatic heterocycles. The highest BCUT2D eigenvalue weighted by molar-refractivity contribution is 7.33. The summed E-state index contributed by atoms with van der Waals surface area (Å²) in [4.78, 5) is 15.9. The average Bonchev–Trinajstić information content (AvgIpc) is 3.25. The number of rotatable bonds is 2. The fourth-order valence-corrected chi connectivity index (χ4v) is 6.80. The topological polar surface area (TPSA) is 32.3 Å². The minimum absolute atomic E-state index is 0. The van der Waals surface area contributed by atoms with Crippen LogP contribution in [-0.2, 0) is 0 Å². The number of benzene rings is 1. The van der Waals surface area contributed by atoms with Crippen molar-refractivity contribution in [2.24, 2.45) is 0 Å². The molecule has 1 amide bonds. The number of nitrogens with one attached hydrogen (secondary N) is 1. The lowest BCUT2D eigenvalue weighted by Gasteiger charge is -2.35. The normalized spacial score (nSPS) is 25.2. The van der Waals surface area contributed by atoms with E-state index in [2.05, 4.69) is 35.6 Å². The van der Waals surface area contributed by atoms with Crippen molar-refractivity contribution in [2.75, 3.05) is 7.05 Å². The molecule has 5 rings (SSSR count). The van der Waals surface area contributed by atoms with Crippen LogP contribution in [0, 0.1) is 0 Å². The molecule has 1 N–H and O–H groups in total. The first-order valence-electron chi connectivity index (χ1n) is 8.63. The molecular formula is C19H21ClN2OS2. The van der Waals surface area contributed by atoms with Crippen LogP contribution >= 0.6 is 35.1 Å². The number of carbonyl (C=O) groups excluding carboxylic acids is 1. The minimum Gasteiger partial charge on any atom is -0.338 e. The number of piperidine rings is 1. The van der Waals surface area contributed by atoms with Gasteiger partial charge in [-0.3, -0.25) is 4.79 Å². The molecule has 2 aliphatic rings. The summed E-state index contributed by atoms with van der Waals surface area (Å²) in [5, 5.41) is 4.94. The third kappa shape index (κ3) is 2.87. The molecule has 25 heavy (non-hydrogen) atoms. The molecule has 4 heterocycles. The monoisotopic (exact) mass is 392 g/mol. The van der Waals surface area contributed by atoms with Crippen molar-refractivity contribution in [3.63, 3.8) is 0 Å². The summed E-state index contributed by atoms with van der Waals surface area (Å²) in [7, 11) is 1.99. The Morgan fingerprint density at radius 1 is 1.12 bits per heavy atom. The van der Waals surface area contributed by atoms with Gasteiger partial charge in [0, 0.05) is 40.0 Å². The van der Waals surface area contributed by atoms with Gasteiger partial charge in [0.25, 0.3) is 5.91 Å². The van der Waals surface area contributed by atoms with Gasteiger partial charge in [-0.1, -0.05) is 18.2 Å². The van der Waals surface area contributed by atoms with Crippen LogP contribution in [0.5, 0.6) is 0 Å². The summed E-state index contributed by atoms with van der Waals surface area (Å²) in [6, 6.07) is 12.2. The van der Waals surface area contributed by atoms with E-state index in [1.807, 2.05) is 11.9 Å². The van der Waals surface area contributed by atoms with Crippen molar-refractivity contribution in [1.29, 1.82) is 0 Å². The van der Waals surface area contributed by atoms with Crippen LogP contribution in [0.4, 0.5) is 0 Å². The van der Waals surface area contributed by atoms with Gasteiger partial charge in [0.05, 0.1) is 9.58 Å². The predicted octanol–water partition coefficient (Wildman–Crippen LogP) is 4.89. The summed E-state index contributed by atoms with van der Waals surface area (Å²) >= 11 is 3.44. The third-order valence-electron chi connectivity index (χ3n) is 5.58. The van der Waals surface area contributed by atoms with Crippen LogP contribution in [0.25, 0.3) is 19.5 Å². The molecule has 2 bridgehead atoms. The van der Waals surface area contributed by atoms with E-state index in [0.717, 1.165) is 17.7 Å². The summed E-state index contributed by atoms with van der Waals surface area (Å²) < 4.78 is 3.81. The van der Waals surface area contributed by atoms with Gasteiger partial charge < -0.3 is 10.2 Å². The molecule has 2 fully saturated rings. The molecule has 3 aromatic rings. The van der Waals surface area contributed by atoms with Crippen molar-refractivity contribution >= 4 is 60.5 Å². The van der Waals surface area contributed by atoms with Gasteiger partial charge in [-0.05, 0) is 37.8 Å². The molecule has 2 saturated heterocycles. The van der Waals surface area contributed by atoms with Gasteiger partial charge >= 0.3 is 0 Å². The van der Waals surface area contributed by atoms with Crippen LogP contribution in [0.2, 0.25) is 0 Å². The maximum absolute atomic E-state index is 13.0. The Kier molecular flexibility index (Phi) is 4.52. The molecule has 132 valence electrons. The second-order valence-corrected chi connectivity index (χ2v) is 9.22. The third-order valence-corrected chi connectivity index (χ3v) is 7.98. The molecule has 1 aromatic carbocycles. The number of halogens is 1. The number of amides is 1. The van der Waals surface area contributed by atoms with Gasteiger partial charge in [-0.2, -0.15) is 0 Å². The highest BCUT2D eigenvalue weighted by Crippen LogP contribution is 2.40. The Labute approximate surface area is 161 Å². The lowest BCUT2D eigenvalue weighted by molar-refractivity contribution is 0.0686. The van der Waals surface area contributed by atoms with Crippen molar-refractivity contribution in [1.82, 2.24) is 10.2 Å². The number of thiophene rings is 2. The van der Waals surface area contributed by atoms with E-state index in [1.54, 1.807) is 22.7 Å². The van der Waals surface area contributed by atoms with E-state index in [9.17, 15) is 4.79 Å². The van der Waals surface area contributed by atoms with Crippen molar-refractivity contribution in [3.05, 3.63) is 35.2 Å². The van der Waals surface area contributed by atoms with Gasteiger partial charge in [-0.25, -0.2) is 0 Å². The number of carbonyl (C=O) groups is 1. The van der Waals surface area contributed by atoms with E-state index in [-0.39, 0.29) is 18.3 Å². The van der Waals surface area contributed by atoms with Crippen LogP contribution in [0.15, 0.2) is 30.3 Å². The highest BCUT2D eigenvalue weighted by atomic mass is 35.5. The first-order valence-corrected chi connectivity index (χ1v) is 10.3. The maximum atomic E-state index is 13.0. The van der Waals surface area contributed by atoms with E-state index in [4.69, 9.17) is 0 Å². The molecule has 0 saturated carbocycles. The van der Waals surface area contributed by atoms with Gasteiger partial charge in [-0.15, -0.1) is 35.1 Å². The van der Waals surface area contributed by atoms with Crippen LogP contribution in [0.1, 0.15) is 35.4 Å². The van der Waals surface area contributed by atoms with E-state index >= 15 is 0 Å². The molecule has 0 aliphatic carbocycles. The number of fused-ring (bicyclic) bond motifs is 5. The summed E-state index contributed by atoms with van der Waals surface area (Å²) in [6.45, 7) is 0. The zero-order valence-electron chi connectivity index (χ0n) is 14.0. The van der Waals surface area contributed by atoms with Crippen LogP contribution in [0.3, 0.4) is 0 Å². The molecule has 0 radical (unpaired) electrons. The van der Waals surface area contributed by atoms with Crippen molar-refractivity contribution in [2.45, 2.75) is 43.8 Å². The van der Waals surface area contributed by atoms with Crippen molar-refractivity contribution < 1.29 is 4.79 Å². The molecule has 3 nitrogen and oxygen atoms in total. The van der Waals surface area contributed by atoms with Crippen molar-refractivity contribution in [3.8, 4) is 0 Å². The smallest absolute Gasteiger partial charge is 0.263 e. The fraction of sp³-hybridized carbons (Fsp3) is 0.421. The second kappa shape index (κ2) is 6.54. The van der Waals surface area contributed by atoms with Gasteiger partial charge in [0.15, 0.2) is 0 Å². The molecular weight excluding hydrogens is 372 g/mol. The Morgan fingerprint density at radius 2 is 1.84 bits per heavy atom. The van der Waals surface area contributed by atoms with Gasteiger partial charge in [0.2, 0.25) is 0 Å². The molecule has 2 aliphatic heterocycles. The van der Waals surface area contributed by atoms with Crippen LogP contribution in [-0.4, -0.2) is 36.0 Å². The Morgan fingerprint density at radius 3 is 2.60 bits per heavy atom. The second-order valence-electron chi connectivity index (χ2n) is 7.08. The number of hydrogen-bond acceptors (Lipinski definition) is 4. The summed E-state index contributed by atoms with van der Waals surface area (Å²) in [5.41, 5.74) is 0. The quantitative estimate of drug-likeness (QED) is 0.673. The number of hydrogen-bond donors (Lipinski definition) is 1. The Balaban J connectivity index is 0.00000157. The average molecular weight is 393 g/mol. The van der Waals surface area contributed by atoms with Gasteiger partial charge in [0.1, 0.15) is 0 Å².